The number of ether oxygens (including phenoxy) is 2. The van der Waals surface area contributed by atoms with Crippen molar-refractivity contribution in [3.05, 3.63) is 0 Å². The molecule has 1 fully saturated rings. The maximum absolute atomic E-state index is 5.90. The van der Waals surface area contributed by atoms with E-state index in [1.54, 1.807) is 7.11 Å². The number of hydrogen-bond acceptors (Lipinski definition) is 3. The molecule has 3 heteroatoms. The molecule has 1 saturated carbocycles. The molecule has 0 aromatic rings. The van der Waals surface area contributed by atoms with Gasteiger partial charge in [0.05, 0.1) is 18.8 Å². The quantitative estimate of drug-likeness (QED) is 0.713. The van der Waals surface area contributed by atoms with Gasteiger partial charge in [-0.15, -0.1) is 0 Å². The molecule has 2 N–H and O–H groups in total. The summed E-state index contributed by atoms with van der Waals surface area (Å²) in [6, 6.07) is 0. The lowest BCUT2D eigenvalue weighted by Gasteiger charge is -2.42. The first-order valence-electron chi connectivity index (χ1n) is 5.87. The number of hydrogen-bond donors (Lipinski definition) is 1. The second-order valence-corrected chi connectivity index (χ2v) is 5.39. The first-order valence-corrected chi connectivity index (χ1v) is 5.87. The fourth-order valence-electron chi connectivity index (χ4n) is 2.13. The van der Waals surface area contributed by atoms with Crippen LogP contribution in [0.5, 0.6) is 0 Å². The molecule has 0 atom stereocenters. The topological polar surface area (TPSA) is 44.5 Å². The highest BCUT2D eigenvalue weighted by molar-refractivity contribution is 4.91. The van der Waals surface area contributed by atoms with Gasteiger partial charge in [0, 0.05) is 13.7 Å². The van der Waals surface area contributed by atoms with E-state index in [1.165, 1.54) is 12.8 Å². The van der Waals surface area contributed by atoms with Crippen LogP contribution in [-0.4, -0.2) is 32.5 Å². The van der Waals surface area contributed by atoms with E-state index in [9.17, 15) is 0 Å². The summed E-state index contributed by atoms with van der Waals surface area (Å²) in [7, 11) is 1.70. The van der Waals surface area contributed by atoms with Gasteiger partial charge in [0.15, 0.2) is 0 Å². The summed E-state index contributed by atoms with van der Waals surface area (Å²) in [5.41, 5.74) is 6.23. The second-order valence-electron chi connectivity index (χ2n) is 5.39. The van der Waals surface area contributed by atoms with Gasteiger partial charge in [-0.2, -0.15) is 0 Å². The van der Waals surface area contributed by atoms with Crippen molar-refractivity contribution in [3.63, 3.8) is 0 Å². The van der Waals surface area contributed by atoms with E-state index < -0.39 is 0 Å². The van der Waals surface area contributed by atoms with Crippen LogP contribution < -0.4 is 5.73 Å². The van der Waals surface area contributed by atoms with Crippen molar-refractivity contribution in [1.82, 2.24) is 0 Å². The zero-order valence-corrected chi connectivity index (χ0v) is 10.3. The summed E-state index contributed by atoms with van der Waals surface area (Å²) in [5, 5.41) is 0. The Kier molecular flexibility index (Phi) is 4.56. The van der Waals surface area contributed by atoms with Gasteiger partial charge >= 0.3 is 0 Å². The minimum Gasteiger partial charge on any atom is -0.382 e. The van der Waals surface area contributed by atoms with Gasteiger partial charge in [0.2, 0.25) is 0 Å². The van der Waals surface area contributed by atoms with Gasteiger partial charge < -0.3 is 15.2 Å². The molecule has 0 aliphatic heterocycles. The van der Waals surface area contributed by atoms with Gasteiger partial charge in [-0.1, -0.05) is 13.8 Å². The Bertz CT molecular complexity index is 182. The molecule has 0 radical (unpaired) electrons. The third-order valence-corrected chi connectivity index (χ3v) is 3.58. The van der Waals surface area contributed by atoms with E-state index in [4.69, 9.17) is 15.2 Å². The molecular formula is C12H25NO2. The van der Waals surface area contributed by atoms with Crippen molar-refractivity contribution in [3.8, 4) is 0 Å². The van der Waals surface area contributed by atoms with Crippen LogP contribution in [0.25, 0.3) is 0 Å². The normalized spacial score (nSPS) is 24.0. The first kappa shape index (κ1) is 12.9. The lowest BCUT2D eigenvalue weighted by molar-refractivity contribution is -0.0930. The Morgan fingerprint density at radius 2 is 1.67 bits per heavy atom. The number of methoxy groups -OCH3 is 1. The van der Waals surface area contributed by atoms with Crippen molar-refractivity contribution in [2.75, 3.05) is 26.9 Å². The van der Waals surface area contributed by atoms with Crippen LogP contribution >= 0.6 is 0 Å². The Morgan fingerprint density at radius 3 is 2.13 bits per heavy atom. The summed E-state index contributed by atoms with van der Waals surface area (Å²) in [4.78, 5) is 0. The second kappa shape index (κ2) is 5.28. The summed E-state index contributed by atoms with van der Waals surface area (Å²) >= 11 is 0. The summed E-state index contributed by atoms with van der Waals surface area (Å²) in [5.74, 6) is 0. The van der Waals surface area contributed by atoms with E-state index in [1.807, 2.05) is 0 Å². The lowest BCUT2D eigenvalue weighted by Crippen LogP contribution is -2.46. The highest BCUT2D eigenvalue weighted by Gasteiger charge is 2.37. The lowest BCUT2D eigenvalue weighted by atomic mass is 9.71. The Balaban J connectivity index is 2.41. The van der Waals surface area contributed by atoms with E-state index in [-0.39, 0.29) is 5.60 Å². The SMILES string of the molecule is COCCOC1(CN)CCC(C)(C)CC1. The van der Waals surface area contributed by atoms with E-state index in [2.05, 4.69) is 13.8 Å². The molecule has 1 aliphatic rings. The molecule has 0 spiro atoms. The van der Waals surface area contributed by atoms with Gasteiger partial charge in [0.1, 0.15) is 0 Å². The fraction of sp³-hybridized carbons (Fsp3) is 1.00. The zero-order chi connectivity index (χ0) is 11.4. The molecule has 1 rings (SSSR count). The molecular weight excluding hydrogens is 190 g/mol. The molecule has 3 nitrogen and oxygen atoms in total. The molecule has 0 heterocycles. The highest BCUT2D eigenvalue weighted by atomic mass is 16.5. The molecule has 15 heavy (non-hydrogen) atoms. The van der Waals surface area contributed by atoms with Gasteiger partial charge in [-0.25, -0.2) is 0 Å². The third kappa shape index (κ3) is 3.74. The van der Waals surface area contributed by atoms with Crippen LogP contribution in [0.3, 0.4) is 0 Å². The van der Waals surface area contributed by atoms with E-state index in [0.717, 1.165) is 12.8 Å². The maximum Gasteiger partial charge on any atom is 0.0805 e. The molecule has 1 aliphatic carbocycles. The van der Waals surface area contributed by atoms with Gasteiger partial charge in [-0.05, 0) is 31.1 Å². The van der Waals surface area contributed by atoms with Crippen LogP contribution in [0.15, 0.2) is 0 Å². The van der Waals surface area contributed by atoms with E-state index in [0.29, 0.717) is 25.2 Å². The Morgan fingerprint density at radius 1 is 1.07 bits per heavy atom. The smallest absolute Gasteiger partial charge is 0.0805 e. The van der Waals surface area contributed by atoms with Crippen LogP contribution in [-0.2, 0) is 9.47 Å². The highest BCUT2D eigenvalue weighted by Crippen LogP contribution is 2.41. The molecule has 0 bridgehead atoms. The van der Waals surface area contributed by atoms with Crippen molar-refractivity contribution < 1.29 is 9.47 Å². The van der Waals surface area contributed by atoms with E-state index >= 15 is 0 Å². The molecule has 90 valence electrons. The van der Waals surface area contributed by atoms with Gasteiger partial charge in [0.25, 0.3) is 0 Å². The number of rotatable bonds is 5. The monoisotopic (exact) mass is 215 g/mol. The summed E-state index contributed by atoms with van der Waals surface area (Å²) < 4.78 is 10.9. The minimum atomic E-state index is -0.0753. The summed E-state index contributed by atoms with van der Waals surface area (Å²) in [6.45, 7) is 6.59. The number of nitrogens with two attached hydrogens (primary N) is 1. The standard InChI is InChI=1S/C12H25NO2/c1-11(2)4-6-12(10-13,7-5-11)15-9-8-14-3/h4-10,13H2,1-3H3. The first-order chi connectivity index (χ1) is 7.04. The van der Waals surface area contributed by atoms with Gasteiger partial charge in [-0.3, -0.25) is 0 Å². The molecule has 0 amide bonds. The Hall–Kier alpha value is -0.120. The fourth-order valence-corrected chi connectivity index (χ4v) is 2.13. The maximum atomic E-state index is 5.90. The predicted octanol–water partition coefficient (Wildman–Crippen LogP) is 1.95. The Labute approximate surface area is 93.3 Å². The van der Waals surface area contributed by atoms with Crippen molar-refractivity contribution in [2.45, 2.75) is 45.1 Å². The van der Waals surface area contributed by atoms with Crippen LogP contribution in [0.1, 0.15) is 39.5 Å². The molecule has 0 aromatic carbocycles. The van der Waals surface area contributed by atoms with Crippen LogP contribution in [0, 0.1) is 5.41 Å². The average Bonchev–Trinajstić information content (AvgIpc) is 2.22. The predicted molar refractivity (Wildman–Crippen MR) is 61.9 cm³/mol. The minimum absolute atomic E-state index is 0.0753. The van der Waals surface area contributed by atoms with Crippen LogP contribution in [0.4, 0.5) is 0 Å². The van der Waals surface area contributed by atoms with Crippen molar-refractivity contribution in [2.24, 2.45) is 11.1 Å². The molecule has 0 unspecified atom stereocenters. The van der Waals surface area contributed by atoms with Crippen LogP contribution in [0.2, 0.25) is 0 Å². The van der Waals surface area contributed by atoms with Crippen molar-refractivity contribution in [1.29, 1.82) is 0 Å². The average molecular weight is 215 g/mol. The van der Waals surface area contributed by atoms with Crippen molar-refractivity contribution >= 4 is 0 Å². The molecule has 0 aromatic heterocycles. The molecule has 0 saturated heterocycles. The zero-order valence-electron chi connectivity index (χ0n) is 10.3. The largest absolute Gasteiger partial charge is 0.382 e. The summed E-state index contributed by atoms with van der Waals surface area (Å²) in [6.07, 6.45) is 4.58. The third-order valence-electron chi connectivity index (χ3n) is 3.58.